The molecular formula is C22H41NO9. The quantitative estimate of drug-likeness (QED) is 0.132. The molecule has 188 valence electrons. The van der Waals surface area contributed by atoms with Crippen molar-refractivity contribution in [1.82, 2.24) is 5.32 Å². The molecule has 0 aromatic heterocycles. The van der Waals surface area contributed by atoms with E-state index in [2.05, 4.69) is 11.9 Å². The maximum atomic E-state index is 10.8. The van der Waals surface area contributed by atoms with Crippen molar-refractivity contribution in [3.63, 3.8) is 0 Å². The van der Waals surface area contributed by atoms with Crippen LogP contribution in [0, 0.1) is 0 Å². The second-order valence-corrected chi connectivity index (χ2v) is 6.87. The molecule has 1 N–H and O–H groups in total. The van der Waals surface area contributed by atoms with Crippen LogP contribution in [0.4, 0.5) is 0 Å². The summed E-state index contributed by atoms with van der Waals surface area (Å²) in [4.78, 5) is 10.8. The summed E-state index contributed by atoms with van der Waals surface area (Å²) in [6, 6.07) is 0. The minimum atomic E-state index is -0.451. The summed E-state index contributed by atoms with van der Waals surface area (Å²) < 4.78 is 42.9. The van der Waals surface area contributed by atoms with Crippen LogP contribution in [-0.2, 0) is 42.7 Å². The molecule has 0 aromatic rings. The van der Waals surface area contributed by atoms with Gasteiger partial charge < -0.3 is 43.2 Å². The van der Waals surface area contributed by atoms with E-state index in [1.54, 1.807) is 0 Å². The summed E-state index contributed by atoms with van der Waals surface area (Å²) in [6.07, 6.45) is 3.65. The van der Waals surface area contributed by atoms with E-state index < -0.39 is 5.97 Å². The second-order valence-electron chi connectivity index (χ2n) is 6.87. The molecule has 0 atom stereocenters. The molecule has 1 rings (SSSR count). The van der Waals surface area contributed by atoms with Gasteiger partial charge in [0.1, 0.15) is 6.61 Å². The maximum absolute atomic E-state index is 10.8. The van der Waals surface area contributed by atoms with Crippen molar-refractivity contribution in [2.24, 2.45) is 0 Å². The number of esters is 1. The van der Waals surface area contributed by atoms with Crippen LogP contribution in [0.3, 0.4) is 0 Å². The maximum Gasteiger partial charge on any atom is 0.330 e. The minimum Gasteiger partial charge on any atom is -0.460 e. The number of rotatable bonds is 23. The molecule has 1 heterocycles. The molecule has 1 saturated heterocycles. The summed E-state index contributed by atoms with van der Waals surface area (Å²) in [5.41, 5.74) is 0. The Labute approximate surface area is 191 Å². The highest BCUT2D eigenvalue weighted by atomic mass is 16.6. The van der Waals surface area contributed by atoms with Crippen LogP contribution in [0.5, 0.6) is 0 Å². The largest absolute Gasteiger partial charge is 0.460 e. The predicted octanol–water partition coefficient (Wildman–Crippen LogP) is 0.584. The zero-order valence-electron chi connectivity index (χ0n) is 19.3. The van der Waals surface area contributed by atoms with Gasteiger partial charge in [-0.25, -0.2) is 4.79 Å². The predicted molar refractivity (Wildman–Crippen MR) is 118 cm³/mol. The summed E-state index contributed by atoms with van der Waals surface area (Å²) in [6.45, 7) is 12.2. The number of hydrogen-bond acceptors (Lipinski definition) is 10. The van der Waals surface area contributed by atoms with Gasteiger partial charge in [0, 0.05) is 6.08 Å². The summed E-state index contributed by atoms with van der Waals surface area (Å²) in [7, 11) is 0. The zero-order chi connectivity index (χ0) is 23.0. The van der Waals surface area contributed by atoms with Gasteiger partial charge in [-0.15, -0.1) is 0 Å². The van der Waals surface area contributed by atoms with E-state index in [0.717, 1.165) is 32.0 Å². The first-order valence-corrected chi connectivity index (χ1v) is 11.4. The van der Waals surface area contributed by atoms with Crippen molar-refractivity contribution >= 4 is 5.97 Å². The summed E-state index contributed by atoms with van der Waals surface area (Å²) in [5.74, 6) is -0.451. The van der Waals surface area contributed by atoms with Crippen molar-refractivity contribution < 1.29 is 42.7 Å². The lowest BCUT2D eigenvalue weighted by atomic mass is 10.1. The monoisotopic (exact) mass is 463 g/mol. The van der Waals surface area contributed by atoms with E-state index in [4.69, 9.17) is 37.9 Å². The molecule has 1 aliphatic rings. The van der Waals surface area contributed by atoms with Gasteiger partial charge in [-0.3, -0.25) is 0 Å². The fourth-order valence-corrected chi connectivity index (χ4v) is 2.70. The lowest BCUT2D eigenvalue weighted by Crippen LogP contribution is -2.33. The standard InChI is InChI=1S/C22H41NO9/c1-2-22(24)32-20-18-30-16-14-28-12-10-26-8-7-25-9-11-27-13-15-29-17-19-31-21-3-5-23-6-4-21/h2,21,23H,1,3-20H2. The van der Waals surface area contributed by atoms with Gasteiger partial charge in [0.25, 0.3) is 0 Å². The highest BCUT2D eigenvalue weighted by molar-refractivity contribution is 5.81. The highest BCUT2D eigenvalue weighted by Gasteiger charge is 2.12. The fourth-order valence-electron chi connectivity index (χ4n) is 2.70. The van der Waals surface area contributed by atoms with Crippen LogP contribution in [0.15, 0.2) is 12.7 Å². The zero-order valence-corrected chi connectivity index (χ0v) is 19.3. The first kappa shape index (κ1) is 28.9. The molecular weight excluding hydrogens is 422 g/mol. The lowest BCUT2D eigenvalue weighted by molar-refractivity contribution is -0.139. The molecule has 10 heteroatoms. The van der Waals surface area contributed by atoms with Crippen LogP contribution in [0.25, 0.3) is 0 Å². The summed E-state index contributed by atoms with van der Waals surface area (Å²) in [5, 5.41) is 3.32. The third kappa shape index (κ3) is 19.6. The Kier molecular flexibility index (Phi) is 20.8. The molecule has 0 amide bonds. The van der Waals surface area contributed by atoms with E-state index in [0.29, 0.717) is 92.0 Å². The number of hydrogen-bond donors (Lipinski definition) is 1. The highest BCUT2D eigenvalue weighted by Crippen LogP contribution is 2.06. The number of ether oxygens (including phenoxy) is 8. The Bertz CT molecular complexity index is 434. The average Bonchev–Trinajstić information content (AvgIpc) is 2.82. The summed E-state index contributed by atoms with van der Waals surface area (Å²) >= 11 is 0. The molecule has 10 nitrogen and oxygen atoms in total. The first-order valence-electron chi connectivity index (χ1n) is 11.4. The van der Waals surface area contributed by atoms with Crippen LogP contribution >= 0.6 is 0 Å². The van der Waals surface area contributed by atoms with Crippen molar-refractivity contribution in [1.29, 1.82) is 0 Å². The first-order chi connectivity index (χ1) is 15.8. The molecule has 0 bridgehead atoms. The molecule has 0 spiro atoms. The lowest BCUT2D eigenvalue weighted by Gasteiger charge is -2.22. The van der Waals surface area contributed by atoms with E-state index in [1.807, 2.05) is 0 Å². The van der Waals surface area contributed by atoms with Crippen molar-refractivity contribution in [3.05, 3.63) is 12.7 Å². The Morgan fingerprint density at radius 2 is 1.03 bits per heavy atom. The van der Waals surface area contributed by atoms with Gasteiger partial charge in [0.2, 0.25) is 0 Å². The van der Waals surface area contributed by atoms with Crippen LogP contribution in [0.1, 0.15) is 12.8 Å². The van der Waals surface area contributed by atoms with E-state index in [1.165, 1.54) is 0 Å². The molecule has 32 heavy (non-hydrogen) atoms. The van der Waals surface area contributed by atoms with Gasteiger partial charge in [0.15, 0.2) is 0 Å². The molecule has 0 unspecified atom stereocenters. The third-order valence-corrected chi connectivity index (χ3v) is 4.37. The van der Waals surface area contributed by atoms with Gasteiger partial charge in [-0.1, -0.05) is 6.58 Å². The van der Waals surface area contributed by atoms with Crippen LogP contribution in [0.2, 0.25) is 0 Å². The SMILES string of the molecule is C=CC(=O)OCCOCCOCCOCCOCCOCCOCCOC1CCNCC1. The third-order valence-electron chi connectivity index (χ3n) is 4.37. The Hall–Kier alpha value is -1.11. The Morgan fingerprint density at radius 1 is 0.656 bits per heavy atom. The normalized spacial score (nSPS) is 14.5. The van der Waals surface area contributed by atoms with Crippen molar-refractivity contribution in [2.75, 3.05) is 106 Å². The van der Waals surface area contributed by atoms with Gasteiger partial charge >= 0.3 is 5.97 Å². The topological polar surface area (TPSA) is 103 Å². The molecule has 1 fully saturated rings. The van der Waals surface area contributed by atoms with E-state index >= 15 is 0 Å². The molecule has 0 aromatic carbocycles. The van der Waals surface area contributed by atoms with E-state index in [9.17, 15) is 4.79 Å². The van der Waals surface area contributed by atoms with Crippen molar-refractivity contribution in [2.45, 2.75) is 18.9 Å². The fraction of sp³-hybridized carbons (Fsp3) is 0.864. The van der Waals surface area contributed by atoms with Gasteiger partial charge in [-0.05, 0) is 25.9 Å². The minimum absolute atomic E-state index is 0.209. The van der Waals surface area contributed by atoms with Gasteiger partial charge in [0.05, 0.1) is 92.0 Å². The number of carbonyl (C=O) groups is 1. The van der Waals surface area contributed by atoms with E-state index in [-0.39, 0.29) is 6.61 Å². The number of nitrogens with one attached hydrogen (secondary N) is 1. The van der Waals surface area contributed by atoms with Crippen LogP contribution in [-0.4, -0.2) is 118 Å². The Morgan fingerprint density at radius 3 is 1.44 bits per heavy atom. The molecule has 1 aliphatic heterocycles. The average molecular weight is 464 g/mol. The van der Waals surface area contributed by atoms with Crippen LogP contribution < -0.4 is 5.32 Å². The van der Waals surface area contributed by atoms with Crippen molar-refractivity contribution in [3.8, 4) is 0 Å². The number of carbonyl (C=O) groups excluding carboxylic acids is 1. The number of piperidine rings is 1. The Balaban J connectivity index is 1.64. The van der Waals surface area contributed by atoms with Gasteiger partial charge in [-0.2, -0.15) is 0 Å². The smallest absolute Gasteiger partial charge is 0.330 e. The molecule has 0 aliphatic carbocycles. The second kappa shape index (κ2) is 23.1. The molecule has 0 radical (unpaired) electrons. The molecule has 0 saturated carbocycles.